The van der Waals surface area contributed by atoms with E-state index in [1.807, 2.05) is 27.7 Å². The third kappa shape index (κ3) is 3.56. The molecule has 1 aromatic rings. The maximum absolute atomic E-state index is 12.6. The molecule has 0 aromatic heterocycles. The average Bonchev–Trinajstić information content (AvgIpc) is 2.31. The van der Waals surface area contributed by atoms with Gasteiger partial charge in [0, 0.05) is 5.41 Å². The van der Waals surface area contributed by atoms with Crippen molar-refractivity contribution in [2.75, 3.05) is 7.11 Å². The minimum atomic E-state index is -3.84. The molecule has 0 saturated heterocycles. The predicted octanol–water partition coefficient (Wildman–Crippen LogP) is 2.71. The predicted molar refractivity (Wildman–Crippen MR) is 85.5 cm³/mol. The van der Waals surface area contributed by atoms with Crippen LogP contribution in [0.4, 0.5) is 0 Å². The van der Waals surface area contributed by atoms with Gasteiger partial charge in [0.15, 0.2) is 0 Å². The topological polar surface area (TPSA) is 81.8 Å². The van der Waals surface area contributed by atoms with Crippen LogP contribution in [0.2, 0.25) is 0 Å². The molecular weight excluding hydrogens is 288 g/mol. The summed E-state index contributed by atoms with van der Waals surface area (Å²) in [4.78, 5) is 0.202. The van der Waals surface area contributed by atoms with E-state index >= 15 is 0 Å². The van der Waals surface area contributed by atoms with Crippen LogP contribution in [0, 0.1) is 26.2 Å². The Balaban J connectivity index is 3.58. The molecule has 5 nitrogen and oxygen atoms in total. The van der Waals surface area contributed by atoms with Crippen LogP contribution in [-0.2, 0) is 10.0 Å². The quantitative estimate of drug-likeness (QED) is 0.687. The molecule has 0 aliphatic rings. The van der Waals surface area contributed by atoms with E-state index in [-0.39, 0.29) is 10.7 Å². The van der Waals surface area contributed by atoms with Crippen molar-refractivity contribution in [2.45, 2.75) is 46.4 Å². The van der Waals surface area contributed by atoms with Gasteiger partial charge >= 0.3 is 0 Å². The van der Waals surface area contributed by atoms with E-state index in [1.54, 1.807) is 27.0 Å². The largest absolute Gasteiger partial charge is 0.496 e. The normalized spacial score (nSPS) is 13.4. The minimum Gasteiger partial charge on any atom is -0.496 e. The number of amidine groups is 1. The molecular formula is C15H24N2O3S. The number of aryl methyl sites for hydroxylation is 1. The van der Waals surface area contributed by atoms with Crippen LogP contribution in [0.5, 0.6) is 5.75 Å². The number of benzene rings is 1. The van der Waals surface area contributed by atoms with Crippen LogP contribution < -0.4 is 10.5 Å². The second-order valence-electron chi connectivity index (χ2n) is 6.18. The molecule has 0 saturated carbocycles. The van der Waals surface area contributed by atoms with Gasteiger partial charge in [-0.25, -0.2) is 0 Å². The second kappa shape index (κ2) is 5.67. The number of hydrogen-bond donors (Lipinski definition) is 1. The monoisotopic (exact) mass is 312 g/mol. The van der Waals surface area contributed by atoms with Crippen LogP contribution in [0.25, 0.3) is 0 Å². The Labute approximate surface area is 127 Å². The zero-order valence-electron chi connectivity index (χ0n) is 13.7. The highest BCUT2D eigenvalue weighted by atomic mass is 32.2. The van der Waals surface area contributed by atoms with Gasteiger partial charge in [0.05, 0.1) is 12.0 Å². The summed E-state index contributed by atoms with van der Waals surface area (Å²) < 4.78 is 34.2. The van der Waals surface area contributed by atoms with Gasteiger partial charge in [-0.3, -0.25) is 0 Å². The number of ether oxygens (including phenoxy) is 1. The van der Waals surface area contributed by atoms with Crippen LogP contribution in [0.1, 0.15) is 37.5 Å². The lowest BCUT2D eigenvalue weighted by atomic mass is 9.96. The molecule has 0 radical (unpaired) electrons. The molecule has 0 unspecified atom stereocenters. The van der Waals surface area contributed by atoms with Gasteiger partial charge < -0.3 is 10.5 Å². The van der Waals surface area contributed by atoms with Gasteiger partial charge in [0.25, 0.3) is 10.0 Å². The fourth-order valence-corrected chi connectivity index (χ4v) is 3.57. The summed E-state index contributed by atoms with van der Waals surface area (Å²) in [5.74, 6) is 0.756. The molecule has 0 spiro atoms. The Morgan fingerprint density at radius 2 is 1.71 bits per heavy atom. The van der Waals surface area contributed by atoms with Crippen LogP contribution in [0.15, 0.2) is 15.4 Å². The Bertz CT molecular complexity index is 684. The van der Waals surface area contributed by atoms with Crippen molar-refractivity contribution in [2.24, 2.45) is 15.5 Å². The standard InChI is InChI=1S/C15H24N2O3S/c1-9-8-12(20-7)10(2)11(3)13(9)21(18,19)17-14(16)15(4,5)6/h8H,1-7H3,(H2,16,17). The second-order valence-corrected chi connectivity index (χ2v) is 7.72. The van der Waals surface area contributed by atoms with E-state index in [0.717, 1.165) is 5.56 Å². The number of hydrogen-bond acceptors (Lipinski definition) is 3. The van der Waals surface area contributed by atoms with Crippen LogP contribution in [0.3, 0.4) is 0 Å². The van der Waals surface area contributed by atoms with Gasteiger partial charge in [-0.05, 0) is 43.5 Å². The SMILES string of the molecule is COc1cc(C)c(S(=O)(=O)/N=C(/N)C(C)(C)C)c(C)c1C. The van der Waals surface area contributed by atoms with Crippen LogP contribution >= 0.6 is 0 Å². The Morgan fingerprint density at radius 1 is 1.19 bits per heavy atom. The molecule has 0 bridgehead atoms. The zero-order valence-corrected chi connectivity index (χ0v) is 14.6. The van der Waals surface area contributed by atoms with Crippen LogP contribution in [-0.4, -0.2) is 21.4 Å². The number of rotatable bonds is 3. The first-order valence-corrected chi connectivity index (χ1v) is 8.11. The first kappa shape index (κ1) is 17.5. The Kier molecular flexibility index (Phi) is 4.73. The first-order chi connectivity index (χ1) is 9.41. The van der Waals surface area contributed by atoms with Crippen molar-refractivity contribution in [1.29, 1.82) is 0 Å². The first-order valence-electron chi connectivity index (χ1n) is 6.67. The van der Waals surface area contributed by atoms with Gasteiger partial charge in [-0.1, -0.05) is 20.8 Å². The van der Waals surface area contributed by atoms with Crippen molar-refractivity contribution in [3.05, 3.63) is 22.8 Å². The average molecular weight is 312 g/mol. The smallest absolute Gasteiger partial charge is 0.284 e. The number of methoxy groups -OCH3 is 1. The lowest BCUT2D eigenvalue weighted by Gasteiger charge is -2.18. The molecule has 0 fully saturated rings. The third-order valence-corrected chi connectivity index (χ3v) is 5.02. The van der Waals surface area contributed by atoms with E-state index in [9.17, 15) is 8.42 Å². The summed E-state index contributed by atoms with van der Waals surface area (Å²) >= 11 is 0. The molecule has 0 amide bonds. The molecule has 1 rings (SSSR count). The maximum Gasteiger partial charge on any atom is 0.284 e. The highest BCUT2D eigenvalue weighted by Gasteiger charge is 2.25. The number of nitrogens with zero attached hydrogens (tertiary/aromatic N) is 1. The van der Waals surface area contributed by atoms with Crippen molar-refractivity contribution in [3.63, 3.8) is 0 Å². The molecule has 0 atom stereocenters. The zero-order chi connectivity index (χ0) is 16.6. The summed E-state index contributed by atoms with van der Waals surface area (Å²) in [5.41, 5.74) is 7.33. The van der Waals surface area contributed by atoms with Gasteiger partial charge in [-0.2, -0.15) is 8.42 Å². The molecule has 0 heterocycles. The molecule has 1 aromatic carbocycles. The third-order valence-electron chi connectivity index (χ3n) is 3.44. The summed E-state index contributed by atoms with van der Waals surface area (Å²) in [5, 5.41) is 0. The van der Waals surface area contributed by atoms with Gasteiger partial charge in [0.2, 0.25) is 0 Å². The molecule has 21 heavy (non-hydrogen) atoms. The fraction of sp³-hybridized carbons (Fsp3) is 0.533. The van der Waals surface area contributed by atoms with Crippen molar-refractivity contribution in [3.8, 4) is 5.75 Å². The highest BCUT2D eigenvalue weighted by Crippen LogP contribution is 2.31. The van der Waals surface area contributed by atoms with E-state index in [0.29, 0.717) is 16.9 Å². The molecule has 0 aliphatic carbocycles. The lowest BCUT2D eigenvalue weighted by Crippen LogP contribution is -2.30. The van der Waals surface area contributed by atoms with Gasteiger partial charge in [-0.15, -0.1) is 4.40 Å². The number of nitrogens with two attached hydrogens (primary N) is 1. The van der Waals surface area contributed by atoms with Crippen molar-refractivity contribution >= 4 is 15.9 Å². The molecule has 2 N–H and O–H groups in total. The maximum atomic E-state index is 12.6. The summed E-state index contributed by atoms with van der Waals surface area (Å²) in [6.45, 7) is 10.8. The van der Waals surface area contributed by atoms with Gasteiger partial charge in [0.1, 0.15) is 11.6 Å². The van der Waals surface area contributed by atoms with E-state index in [4.69, 9.17) is 10.5 Å². The van der Waals surface area contributed by atoms with Crippen molar-refractivity contribution < 1.29 is 13.2 Å². The molecule has 118 valence electrons. The summed E-state index contributed by atoms with van der Waals surface area (Å²) in [6.07, 6.45) is 0. The highest BCUT2D eigenvalue weighted by molar-refractivity contribution is 7.90. The summed E-state index contributed by atoms with van der Waals surface area (Å²) in [7, 11) is -2.28. The fourth-order valence-electron chi connectivity index (χ4n) is 1.94. The lowest BCUT2D eigenvalue weighted by molar-refractivity contribution is 0.410. The Hall–Kier alpha value is -1.56. The summed E-state index contributed by atoms with van der Waals surface area (Å²) in [6, 6.07) is 1.71. The molecule has 0 aliphatic heterocycles. The van der Waals surface area contributed by atoms with E-state index < -0.39 is 15.4 Å². The number of sulfonamides is 1. The van der Waals surface area contributed by atoms with Crippen molar-refractivity contribution in [1.82, 2.24) is 0 Å². The Morgan fingerprint density at radius 3 is 2.14 bits per heavy atom. The van der Waals surface area contributed by atoms with E-state index in [2.05, 4.69) is 4.40 Å². The minimum absolute atomic E-state index is 0.0924. The van der Waals surface area contributed by atoms with E-state index in [1.165, 1.54) is 0 Å². The molecule has 6 heteroatoms.